The van der Waals surface area contributed by atoms with Crippen LogP contribution in [0.2, 0.25) is 0 Å². The van der Waals surface area contributed by atoms with Crippen molar-refractivity contribution in [1.82, 2.24) is 5.43 Å². The minimum atomic E-state index is -0.441. The molecule has 2 aromatic rings. The van der Waals surface area contributed by atoms with E-state index in [0.29, 0.717) is 11.3 Å². The predicted molar refractivity (Wildman–Crippen MR) is 85.6 cm³/mol. The van der Waals surface area contributed by atoms with E-state index >= 15 is 0 Å². The van der Waals surface area contributed by atoms with E-state index in [0.717, 1.165) is 11.3 Å². The lowest BCUT2D eigenvalue weighted by molar-refractivity contribution is 0.252. The summed E-state index contributed by atoms with van der Waals surface area (Å²) in [6.07, 6.45) is 1.43. The maximum Gasteiger partial charge on any atom is 0.339 e. The van der Waals surface area contributed by atoms with Crippen LogP contribution in [0.1, 0.15) is 11.1 Å². The summed E-state index contributed by atoms with van der Waals surface area (Å²) in [6.45, 7) is 1.90. The third-order valence-corrected chi connectivity index (χ3v) is 2.98. The quantitative estimate of drug-likeness (QED) is 0.599. The number of hydrogen-bond donors (Lipinski definition) is 3. The molecule has 6 nitrogen and oxygen atoms in total. The van der Waals surface area contributed by atoms with E-state index < -0.39 is 6.03 Å². The first-order chi connectivity index (χ1) is 10.6. The number of urea groups is 1. The molecule has 0 fully saturated rings. The zero-order chi connectivity index (χ0) is 15.9. The van der Waals surface area contributed by atoms with E-state index in [1.807, 2.05) is 25.1 Å². The predicted octanol–water partition coefficient (Wildman–Crippen LogP) is 2.86. The van der Waals surface area contributed by atoms with Gasteiger partial charge in [-0.15, -0.1) is 0 Å². The Balaban J connectivity index is 1.93. The molecule has 6 heteroatoms. The Kier molecular flexibility index (Phi) is 4.98. The number of phenols is 1. The Labute approximate surface area is 128 Å². The smallest absolute Gasteiger partial charge is 0.339 e. The highest BCUT2D eigenvalue weighted by Gasteiger charge is 2.03. The number of para-hydroxylation sites is 1. The number of nitrogens with one attached hydrogen (secondary N) is 2. The van der Waals surface area contributed by atoms with Gasteiger partial charge in [-0.2, -0.15) is 5.10 Å². The maximum atomic E-state index is 11.7. The molecule has 2 amide bonds. The van der Waals surface area contributed by atoms with Gasteiger partial charge >= 0.3 is 6.03 Å². The fourth-order valence-corrected chi connectivity index (χ4v) is 1.82. The summed E-state index contributed by atoms with van der Waals surface area (Å²) in [6, 6.07) is 11.8. The van der Waals surface area contributed by atoms with Crippen LogP contribution < -0.4 is 15.5 Å². The number of benzene rings is 2. The normalized spacial score (nSPS) is 10.5. The monoisotopic (exact) mass is 299 g/mol. The van der Waals surface area contributed by atoms with Gasteiger partial charge in [0.1, 0.15) is 0 Å². The zero-order valence-corrected chi connectivity index (χ0v) is 12.3. The molecule has 0 spiro atoms. The van der Waals surface area contributed by atoms with Crippen LogP contribution in [0.4, 0.5) is 10.5 Å². The SMILES string of the molecule is COc1ccc(C=NNC(=O)Nc2ccccc2C)cc1O. The van der Waals surface area contributed by atoms with Crippen LogP contribution in [0, 0.1) is 6.92 Å². The van der Waals surface area contributed by atoms with Gasteiger partial charge in [0.15, 0.2) is 11.5 Å². The number of aryl methyl sites for hydroxylation is 1. The van der Waals surface area contributed by atoms with Crippen LogP contribution in [0.25, 0.3) is 0 Å². The standard InChI is InChI=1S/C16H17N3O3/c1-11-5-3-4-6-13(11)18-16(21)19-17-10-12-7-8-15(22-2)14(20)9-12/h3-10,20H,1-2H3,(H2,18,19,21). The van der Waals surface area contributed by atoms with Crippen molar-refractivity contribution in [3.63, 3.8) is 0 Å². The average molecular weight is 299 g/mol. The number of nitrogens with zero attached hydrogens (tertiary/aromatic N) is 1. The molecule has 0 bridgehead atoms. The first-order valence-corrected chi connectivity index (χ1v) is 6.63. The van der Waals surface area contributed by atoms with Crippen LogP contribution in [-0.2, 0) is 0 Å². The molecule has 0 aromatic heterocycles. The molecule has 114 valence electrons. The van der Waals surface area contributed by atoms with Crippen molar-refractivity contribution in [1.29, 1.82) is 0 Å². The summed E-state index contributed by atoms with van der Waals surface area (Å²) in [7, 11) is 1.47. The van der Waals surface area contributed by atoms with E-state index in [9.17, 15) is 9.90 Å². The Morgan fingerprint density at radius 3 is 2.73 bits per heavy atom. The van der Waals surface area contributed by atoms with Gasteiger partial charge in [0.05, 0.1) is 13.3 Å². The maximum absolute atomic E-state index is 11.7. The minimum absolute atomic E-state index is 0.0100. The molecule has 0 saturated heterocycles. The van der Waals surface area contributed by atoms with Gasteiger partial charge < -0.3 is 15.2 Å². The lowest BCUT2D eigenvalue weighted by Gasteiger charge is -2.07. The largest absolute Gasteiger partial charge is 0.504 e. The third kappa shape index (κ3) is 3.99. The van der Waals surface area contributed by atoms with E-state index in [1.165, 1.54) is 19.4 Å². The summed E-state index contributed by atoms with van der Waals surface area (Å²) < 4.78 is 4.95. The lowest BCUT2D eigenvalue weighted by atomic mass is 10.2. The number of carbonyl (C=O) groups is 1. The zero-order valence-electron chi connectivity index (χ0n) is 12.3. The molecular formula is C16H17N3O3. The number of ether oxygens (including phenoxy) is 1. The highest BCUT2D eigenvalue weighted by molar-refractivity contribution is 5.91. The molecule has 2 aromatic carbocycles. The van der Waals surface area contributed by atoms with E-state index in [1.54, 1.807) is 18.2 Å². The van der Waals surface area contributed by atoms with Crippen molar-refractivity contribution in [2.24, 2.45) is 5.10 Å². The highest BCUT2D eigenvalue weighted by Crippen LogP contribution is 2.25. The first kappa shape index (κ1) is 15.4. The number of methoxy groups -OCH3 is 1. The highest BCUT2D eigenvalue weighted by atomic mass is 16.5. The van der Waals surface area contributed by atoms with Crippen molar-refractivity contribution < 1.29 is 14.6 Å². The lowest BCUT2D eigenvalue weighted by Crippen LogP contribution is -2.24. The van der Waals surface area contributed by atoms with Crippen molar-refractivity contribution in [3.8, 4) is 11.5 Å². The van der Waals surface area contributed by atoms with E-state index in [-0.39, 0.29) is 5.75 Å². The Hall–Kier alpha value is -3.02. The molecule has 0 radical (unpaired) electrons. The summed E-state index contributed by atoms with van der Waals surface area (Å²) >= 11 is 0. The van der Waals surface area contributed by atoms with Crippen molar-refractivity contribution >= 4 is 17.9 Å². The van der Waals surface area contributed by atoms with Crippen LogP contribution in [-0.4, -0.2) is 24.5 Å². The summed E-state index contributed by atoms with van der Waals surface area (Å²) in [5, 5.41) is 16.2. The Morgan fingerprint density at radius 2 is 2.05 bits per heavy atom. The molecular weight excluding hydrogens is 282 g/mol. The van der Waals surface area contributed by atoms with Gasteiger partial charge in [0.25, 0.3) is 0 Å². The molecule has 22 heavy (non-hydrogen) atoms. The molecule has 0 aliphatic heterocycles. The fourth-order valence-electron chi connectivity index (χ4n) is 1.82. The second kappa shape index (κ2) is 7.12. The molecule has 0 saturated carbocycles. The van der Waals surface area contributed by atoms with Gasteiger partial charge in [-0.3, -0.25) is 0 Å². The Morgan fingerprint density at radius 1 is 1.27 bits per heavy atom. The molecule has 0 atom stereocenters. The van der Waals surface area contributed by atoms with Gasteiger partial charge in [-0.1, -0.05) is 18.2 Å². The molecule has 0 aliphatic rings. The van der Waals surface area contributed by atoms with Gasteiger partial charge in [0, 0.05) is 5.69 Å². The van der Waals surface area contributed by atoms with Crippen LogP contribution in [0.5, 0.6) is 11.5 Å². The first-order valence-electron chi connectivity index (χ1n) is 6.63. The van der Waals surface area contributed by atoms with Crippen molar-refractivity contribution in [3.05, 3.63) is 53.6 Å². The second-order valence-electron chi connectivity index (χ2n) is 4.57. The van der Waals surface area contributed by atoms with Crippen LogP contribution in [0.15, 0.2) is 47.6 Å². The van der Waals surface area contributed by atoms with Gasteiger partial charge in [0.2, 0.25) is 0 Å². The number of aromatic hydroxyl groups is 1. The summed E-state index contributed by atoms with van der Waals surface area (Å²) in [5.41, 5.74) is 4.67. The number of phenolic OH excluding ortho intramolecular Hbond substituents is 1. The number of carbonyl (C=O) groups excluding carboxylic acids is 1. The summed E-state index contributed by atoms with van der Waals surface area (Å²) in [4.78, 5) is 11.7. The molecule has 0 aliphatic carbocycles. The number of hydrogen-bond acceptors (Lipinski definition) is 4. The van der Waals surface area contributed by atoms with Gasteiger partial charge in [-0.05, 0) is 42.3 Å². The van der Waals surface area contributed by atoms with Crippen LogP contribution in [0.3, 0.4) is 0 Å². The van der Waals surface area contributed by atoms with E-state index in [4.69, 9.17) is 4.74 Å². The second-order valence-corrected chi connectivity index (χ2v) is 4.57. The van der Waals surface area contributed by atoms with Crippen LogP contribution >= 0.6 is 0 Å². The van der Waals surface area contributed by atoms with Crippen molar-refractivity contribution in [2.75, 3.05) is 12.4 Å². The number of rotatable bonds is 4. The number of anilines is 1. The summed E-state index contributed by atoms with van der Waals surface area (Å²) in [5.74, 6) is 0.387. The average Bonchev–Trinajstić information content (AvgIpc) is 2.50. The minimum Gasteiger partial charge on any atom is -0.504 e. The van der Waals surface area contributed by atoms with Crippen molar-refractivity contribution in [2.45, 2.75) is 6.92 Å². The molecule has 0 unspecified atom stereocenters. The number of amides is 2. The topological polar surface area (TPSA) is 83.0 Å². The number of hydrazone groups is 1. The van der Waals surface area contributed by atoms with E-state index in [2.05, 4.69) is 15.8 Å². The van der Waals surface area contributed by atoms with Gasteiger partial charge in [-0.25, -0.2) is 10.2 Å². The molecule has 0 heterocycles. The fraction of sp³-hybridized carbons (Fsp3) is 0.125. The Bertz CT molecular complexity index is 699. The third-order valence-electron chi connectivity index (χ3n) is 2.98. The molecule has 2 rings (SSSR count). The molecule has 3 N–H and O–H groups in total.